The summed E-state index contributed by atoms with van der Waals surface area (Å²) in [5.41, 5.74) is 2.20. The van der Waals surface area contributed by atoms with Crippen molar-refractivity contribution in [2.75, 3.05) is 0 Å². The summed E-state index contributed by atoms with van der Waals surface area (Å²) >= 11 is 1.78. The molecule has 0 unspecified atom stereocenters. The van der Waals surface area contributed by atoms with E-state index in [1.54, 1.807) is 11.3 Å². The number of imidazole rings is 1. The van der Waals surface area contributed by atoms with E-state index in [2.05, 4.69) is 9.38 Å². The number of aliphatic hydroxyl groups is 1. The summed E-state index contributed by atoms with van der Waals surface area (Å²) in [5.74, 6) is 0. The Labute approximate surface area is 86.0 Å². The van der Waals surface area contributed by atoms with Crippen molar-refractivity contribution in [3.8, 4) is 0 Å². The predicted molar refractivity (Wildman–Crippen MR) is 55.6 cm³/mol. The maximum atomic E-state index is 8.99. The second kappa shape index (κ2) is 3.07. The van der Waals surface area contributed by atoms with Crippen LogP contribution in [-0.4, -0.2) is 14.5 Å². The van der Waals surface area contributed by atoms with Gasteiger partial charge in [0.25, 0.3) is 0 Å². The zero-order valence-electron chi connectivity index (χ0n) is 7.86. The summed E-state index contributed by atoms with van der Waals surface area (Å²) < 4.78 is 2.16. The summed E-state index contributed by atoms with van der Waals surface area (Å²) in [6.45, 7) is 0.0448. The Morgan fingerprint density at radius 1 is 1.43 bits per heavy atom. The molecule has 1 N–H and O–H groups in total. The van der Waals surface area contributed by atoms with E-state index in [4.69, 9.17) is 5.11 Å². The van der Waals surface area contributed by atoms with Gasteiger partial charge in [-0.3, -0.25) is 4.40 Å². The zero-order chi connectivity index (χ0) is 9.54. The van der Waals surface area contributed by atoms with Crippen LogP contribution in [0.3, 0.4) is 0 Å². The van der Waals surface area contributed by atoms with Crippen LogP contribution in [0.2, 0.25) is 0 Å². The Hall–Kier alpha value is -0.870. The van der Waals surface area contributed by atoms with Gasteiger partial charge >= 0.3 is 0 Å². The molecule has 0 bridgehead atoms. The largest absolute Gasteiger partial charge is 0.390 e. The lowest BCUT2D eigenvalue weighted by molar-refractivity contribution is 0.277. The fourth-order valence-corrected chi connectivity index (χ4v) is 3.30. The van der Waals surface area contributed by atoms with E-state index in [0.29, 0.717) is 0 Å². The molecule has 4 heteroatoms. The molecule has 0 fully saturated rings. The van der Waals surface area contributed by atoms with Gasteiger partial charge in [0.15, 0.2) is 4.96 Å². The van der Waals surface area contributed by atoms with Gasteiger partial charge in [-0.25, -0.2) is 4.98 Å². The van der Waals surface area contributed by atoms with Crippen LogP contribution in [0.15, 0.2) is 6.20 Å². The fraction of sp³-hybridized carbons (Fsp3) is 0.500. The molecule has 2 heterocycles. The summed E-state index contributed by atoms with van der Waals surface area (Å²) in [7, 11) is 0. The van der Waals surface area contributed by atoms with Crippen molar-refractivity contribution in [2.24, 2.45) is 0 Å². The summed E-state index contributed by atoms with van der Waals surface area (Å²) in [6.07, 6.45) is 6.93. The first kappa shape index (κ1) is 8.44. The summed E-state index contributed by atoms with van der Waals surface area (Å²) in [5, 5.41) is 8.99. The van der Waals surface area contributed by atoms with Crippen molar-refractivity contribution in [3.05, 3.63) is 22.5 Å². The molecule has 0 atom stereocenters. The number of aryl methyl sites for hydroxylation is 2. The average molecular weight is 208 g/mol. The molecule has 2 aromatic rings. The van der Waals surface area contributed by atoms with Crippen LogP contribution < -0.4 is 0 Å². The number of aliphatic hydroxyl groups excluding tert-OH is 1. The van der Waals surface area contributed by atoms with Crippen LogP contribution in [0.1, 0.15) is 29.1 Å². The van der Waals surface area contributed by atoms with Crippen LogP contribution in [0.25, 0.3) is 4.96 Å². The minimum atomic E-state index is 0.0448. The lowest BCUT2D eigenvalue weighted by atomic mass is 10.0. The van der Waals surface area contributed by atoms with E-state index in [1.807, 2.05) is 6.20 Å². The molecule has 0 aromatic carbocycles. The van der Waals surface area contributed by atoms with Crippen LogP contribution in [-0.2, 0) is 19.4 Å². The van der Waals surface area contributed by atoms with Gasteiger partial charge in [0, 0.05) is 16.8 Å². The Morgan fingerprint density at radius 2 is 2.29 bits per heavy atom. The van der Waals surface area contributed by atoms with E-state index in [1.165, 1.54) is 29.8 Å². The van der Waals surface area contributed by atoms with Gasteiger partial charge in [0.1, 0.15) is 0 Å². The standard InChI is InChI=1S/C10H12N2OS/c13-6-7-5-12-8-3-1-2-4-9(8)14-10(12)11-7/h5,13H,1-4,6H2. The SMILES string of the molecule is OCc1cn2c3c(sc2n1)CCCC3. The molecule has 1 aliphatic rings. The quantitative estimate of drug-likeness (QED) is 0.775. The second-order valence-electron chi connectivity index (χ2n) is 3.72. The number of hydrogen-bond acceptors (Lipinski definition) is 3. The molecule has 0 spiro atoms. The van der Waals surface area contributed by atoms with Crippen molar-refractivity contribution >= 4 is 16.3 Å². The van der Waals surface area contributed by atoms with Gasteiger partial charge in [0.2, 0.25) is 0 Å². The molecule has 0 saturated heterocycles. The molecule has 0 radical (unpaired) electrons. The molecule has 1 aliphatic carbocycles. The molecule has 0 amide bonds. The molecule has 74 valence electrons. The maximum absolute atomic E-state index is 8.99. The highest BCUT2D eigenvalue weighted by Gasteiger charge is 2.17. The molecule has 14 heavy (non-hydrogen) atoms. The number of fused-ring (bicyclic) bond motifs is 3. The molecule has 0 saturated carbocycles. The highest BCUT2D eigenvalue weighted by molar-refractivity contribution is 7.17. The Kier molecular flexibility index (Phi) is 1.85. The predicted octanol–water partition coefficient (Wildman–Crippen LogP) is 1.77. The number of thiazole rings is 1. The molecule has 3 rings (SSSR count). The highest BCUT2D eigenvalue weighted by Crippen LogP contribution is 2.29. The second-order valence-corrected chi connectivity index (χ2v) is 4.78. The van der Waals surface area contributed by atoms with Crippen LogP contribution in [0.4, 0.5) is 0 Å². The van der Waals surface area contributed by atoms with Gasteiger partial charge in [-0.05, 0) is 25.7 Å². The average Bonchev–Trinajstić information content (AvgIpc) is 2.73. The van der Waals surface area contributed by atoms with Gasteiger partial charge in [0.05, 0.1) is 12.3 Å². The van der Waals surface area contributed by atoms with Gasteiger partial charge in [-0.2, -0.15) is 0 Å². The molecular formula is C10H12N2OS. The third kappa shape index (κ3) is 1.11. The smallest absolute Gasteiger partial charge is 0.194 e. The first-order valence-electron chi connectivity index (χ1n) is 4.98. The number of rotatable bonds is 1. The molecular weight excluding hydrogens is 196 g/mol. The van der Waals surface area contributed by atoms with Crippen LogP contribution >= 0.6 is 11.3 Å². The van der Waals surface area contributed by atoms with E-state index in [0.717, 1.165) is 17.1 Å². The van der Waals surface area contributed by atoms with E-state index in [9.17, 15) is 0 Å². The fourth-order valence-electron chi connectivity index (χ4n) is 2.09. The zero-order valence-corrected chi connectivity index (χ0v) is 8.68. The van der Waals surface area contributed by atoms with Crippen molar-refractivity contribution in [1.29, 1.82) is 0 Å². The topological polar surface area (TPSA) is 37.5 Å². The number of nitrogens with zero attached hydrogens (tertiary/aromatic N) is 2. The minimum Gasteiger partial charge on any atom is -0.390 e. The summed E-state index contributed by atoms with van der Waals surface area (Å²) in [4.78, 5) is 6.90. The first-order chi connectivity index (χ1) is 6.88. The van der Waals surface area contributed by atoms with Gasteiger partial charge < -0.3 is 5.11 Å². The number of aromatic nitrogens is 2. The maximum Gasteiger partial charge on any atom is 0.194 e. The van der Waals surface area contributed by atoms with Crippen LogP contribution in [0, 0.1) is 0 Å². The van der Waals surface area contributed by atoms with Crippen LogP contribution in [0.5, 0.6) is 0 Å². The Bertz CT molecular complexity index is 472. The highest BCUT2D eigenvalue weighted by atomic mass is 32.1. The van der Waals surface area contributed by atoms with Crippen molar-refractivity contribution in [3.63, 3.8) is 0 Å². The third-order valence-corrected chi connectivity index (χ3v) is 3.94. The van der Waals surface area contributed by atoms with E-state index >= 15 is 0 Å². The van der Waals surface area contributed by atoms with E-state index < -0.39 is 0 Å². The monoisotopic (exact) mass is 208 g/mol. The van der Waals surface area contributed by atoms with Crippen molar-refractivity contribution in [1.82, 2.24) is 9.38 Å². The Morgan fingerprint density at radius 3 is 3.14 bits per heavy atom. The van der Waals surface area contributed by atoms with Crippen molar-refractivity contribution < 1.29 is 5.11 Å². The van der Waals surface area contributed by atoms with Gasteiger partial charge in [-0.15, -0.1) is 11.3 Å². The molecule has 0 aliphatic heterocycles. The third-order valence-electron chi connectivity index (χ3n) is 2.78. The normalized spacial score (nSPS) is 16.1. The molecule has 2 aromatic heterocycles. The summed E-state index contributed by atoms with van der Waals surface area (Å²) in [6, 6.07) is 0. The number of hydrogen-bond donors (Lipinski definition) is 1. The van der Waals surface area contributed by atoms with Gasteiger partial charge in [-0.1, -0.05) is 0 Å². The Balaban J connectivity index is 2.21. The minimum absolute atomic E-state index is 0.0448. The lowest BCUT2D eigenvalue weighted by Gasteiger charge is -2.09. The van der Waals surface area contributed by atoms with E-state index in [-0.39, 0.29) is 6.61 Å². The van der Waals surface area contributed by atoms with Crippen molar-refractivity contribution in [2.45, 2.75) is 32.3 Å². The lowest BCUT2D eigenvalue weighted by Crippen LogP contribution is -2.01. The first-order valence-corrected chi connectivity index (χ1v) is 5.79. The molecule has 3 nitrogen and oxygen atoms in total.